The molecule has 22 heavy (non-hydrogen) atoms. The van der Waals surface area contributed by atoms with E-state index in [2.05, 4.69) is 15.9 Å². The number of esters is 1. The molecular weight excluding hydrogens is 346 g/mol. The monoisotopic (exact) mass is 361 g/mol. The van der Waals surface area contributed by atoms with Gasteiger partial charge in [0.1, 0.15) is 5.56 Å². The normalized spacial score (nSPS) is 16.4. The second-order valence-electron chi connectivity index (χ2n) is 5.22. The fourth-order valence-corrected chi connectivity index (χ4v) is 3.58. The molecule has 0 fully saturated rings. The Morgan fingerprint density at radius 2 is 2.18 bits per heavy atom. The SMILES string of the molecule is CCOC(=O)c1cccn(C2CCc3c(Br)cccc32)c1=O. The lowest BCUT2D eigenvalue weighted by molar-refractivity contribution is 0.0523. The summed E-state index contributed by atoms with van der Waals surface area (Å²) in [5.74, 6) is -0.561. The van der Waals surface area contributed by atoms with Crippen LogP contribution in [-0.2, 0) is 11.2 Å². The molecule has 114 valence electrons. The Bertz CT molecular complexity index is 782. The van der Waals surface area contributed by atoms with Crippen LogP contribution in [0.25, 0.3) is 0 Å². The number of pyridine rings is 1. The van der Waals surface area contributed by atoms with Gasteiger partial charge in [-0.25, -0.2) is 4.79 Å². The zero-order valence-corrected chi connectivity index (χ0v) is 13.8. The van der Waals surface area contributed by atoms with E-state index >= 15 is 0 Å². The molecule has 1 aromatic carbocycles. The lowest BCUT2D eigenvalue weighted by Gasteiger charge is -2.16. The van der Waals surface area contributed by atoms with Gasteiger partial charge in [-0.05, 0) is 49.1 Å². The van der Waals surface area contributed by atoms with Crippen molar-refractivity contribution in [3.8, 4) is 0 Å². The predicted molar refractivity (Wildman–Crippen MR) is 87.3 cm³/mol. The van der Waals surface area contributed by atoms with Crippen LogP contribution in [0, 0.1) is 0 Å². The van der Waals surface area contributed by atoms with E-state index in [0.717, 1.165) is 22.9 Å². The Labute approximate surface area is 136 Å². The fraction of sp³-hybridized carbons (Fsp3) is 0.294. The largest absolute Gasteiger partial charge is 0.462 e. The van der Waals surface area contributed by atoms with E-state index in [0.29, 0.717) is 0 Å². The molecule has 1 aliphatic carbocycles. The first-order chi connectivity index (χ1) is 10.6. The molecule has 0 saturated heterocycles. The molecule has 4 nitrogen and oxygen atoms in total. The van der Waals surface area contributed by atoms with Crippen molar-refractivity contribution in [1.29, 1.82) is 0 Å². The maximum atomic E-state index is 12.6. The average Bonchev–Trinajstić information content (AvgIpc) is 2.93. The standard InChI is InChI=1S/C17H16BrNO3/c1-2-22-17(21)13-6-4-10-19(16(13)20)15-9-8-11-12(15)5-3-7-14(11)18/h3-7,10,15H,2,8-9H2,1H3. The van der Waals surface area contributed by atoms with Crippen molar-refractivity contribution in [2.24, 2.45) is 0 Å². The minimum Gasteiger partial charge on any atom is -0.462 e. The zero-order chi connectivity index (χ0) is 15.7. The fourth-order valence-electron chi connectivity index (χ4n) is 3.00. The molecule has 0 N–H and O–H groups in total. The van der Waals surface area contributed by atoms with Gasteiger partial charge in [0.15, 0.2) is 0 Å². The van der Waals surface area contributed by atoms with Crippen LogP contribution in [0.3, 0.4) is 0 Å². The van der Waals surface area contributed by atoms with Gasteiger partial charge in [-0.2, -0.15) is 0 Å². The number of hydrogen-bond acceptors (Lipinski definition) is 3. The highest BCUT2D eigenvalue weighted by atomic mass is 79.9. The van der Waals surface area contributed by atoms with Gasteiger partial charge >= 0.3 is 5.97 Å². The van der Waals surface area contributed by atoms with Gasteiger partial charge in [-0.1, -0.05) is 28.1 Å². The number of nitrogens with zero attached hydrogens (tertiary/aromatic N) is 1. The first-order valence-electron chi connectivity index (χ1n) is 7.29. The highest BCUT2D eigenvalue weighted by Crippen LogP contribution is 2.37. The summed E-state index contributed by atoms with van der Waals surface area (Å²) >= 11 is 3.56. The van der Waals surface area contributed by atoms with Crippen LogP contribution >= 0.6 is 15.9 Å². The molecule has 1 unspecified atom stereocenters. The van der Waals surface area contributed by atoms with Crippen molar-refractivity contribution >= 4 is 21.9 Å². The third kappa shape index (κ3) is 2.50. The molecular formula is C17H16BrNO3. The first-order valence-corrected chi connectivity index (χ1v) is 8.08. The van der Waals surface area contributed by atoms with Crippen LogP contribution in [0.15, 0.2) is 45.8 Å². The number of halogens is 1. The van der Waals surface area contributed by atoms with Gasteiger partial charge in [-0.3, -0.25) is 4.79 Å². The lowest BCUT2D eigenvalue weighted by Crippen LogP contribution is -2.29. The van der Waals surface area contributed by atoms with E-state index in [9.17, 15) is 9.59 Å². The summed E-state index contributed by atoms with van der Waals surface area (Å²) in [6.07, 6.45) is 3.51. The summed E-state index contributed by atoms with van der Waals surface area (Å²) in [7, 11) is 0. The van der Waals surface area contributed by atoms with Crippen LogP contribution in [0.1, 0.15) is 40.9 Å². The van der Waals surface area contributed by atoms with Crippen LogP contribution in [0.5, 0.6) is 0 Å². The first kappa shape index (κ1) is 15.0. The number of fused-ring (bicyclic) bond motifs is 1. The van der Waals surface area contributed by atoms with Crippen molar-refractivity contribution in [1.82, 2.24) is 4.57 Å². The summed E-state index contributed by atoms with van der Waals surface area (Å²) < 4.78 is 7.67. The van der Waals surface area contributed by atoms with Crippen molar-refractivity contribution in [2.75, 3.05) is 6.61 Å². The van der Waals surface area contributed by atoms with Crippen molar-refractivity contribution in [2.45, 2.75) is 25.8 Å². The minimum absolute atomic E-state index is 0.0330. The summed E-state index contributed by atoms with van der Waals surface area (Å²) in [5.41, 5.74) is 2.17. The molecule has 0 amide bonds. The smallest absolute Gasteiger partial charge is 0.343 e. The Kier molecular flexibility index (Phi) is 4.16. The van der Waals surface area contributed by atoms with E-state index < -0.39 is 5.97 Å². The molecule has 0 saturated carbocycles. The van der Waals surface area contributed by atoms with Crippen LogP contribution in [-0.4, -0.2) is 17.1 Å². The van der Waals surface area contributed by atoms with Crippen molar-refractivity contribution < 1.29 is 9.53 Å². The van der Waals surface area contributed by atoms with Gasteiger partial charge in [-0.15, -0.1) is 0 Å². The Balaban J connectivity index is 2.05. The Morgan fingerprint density at radius 3 is 2.95 bits per heavy atom. The zero-order valence-electron chi connectivity index (χ0n) is 12.2. The number of rotatable bonds is 3. The van der Waals surface area contributed by atoms with E-state index in [1.807, 2.05) is 18.2 Å². The third-order valence-electron chi connectivity index (χ3n) is 3.99. The molecule has 0 spiro atoms. The maximum Gasteiger partial charge on any atom is 0.343 e. The molecule has 1 atom stereocenters. The molecule has 0 aliphatic heterocycles. The number of hydrogen-bond donors (Lipinski definition) is 0. The molecule has 1 aliphatic rings. The van der Waals surface area contributed by atoms with Gasteiger partial charge in [0.05, 0.1) is 12.6 Å². The summed E-state index contributed by atoms with van der Waals surface area (Å²) in [6, 6.07) is 9.24. The molecule has 1 heterocycles. The summed E-state index contributed by atoms with van der Waals surface area (Å²) in [5, 5.41) is 0. The summed E-state index contributed by atoms with van der Waals surface area (Å²) in [6.45, 7) is 1.98. The average molecular weight is 362 g/mol. The summed E-state index contributed by atoms with van der Waals surface area (Å²) in [4.78, 5) is 24.5. The quantitative estimate of drug-likeness (QED) is 0.787. The number of ether oxygens (including phenoxy) is 1. The minimum atomic E-state index is -0.561. The van der Waals surface area contributed by atoms with Gasteiger partial charge in [0, 0.05) is 10.7 Å². The van der Waals surface area contributed by atoms with Crippen LogP contribution in [0.2, 0.25) is 0 Å². The van der Waals surface area contributed by atoms with Gasteiger partial charge in [0.25, 0.3) is 5.56 Å². The highest BCUT2D eigenvalue weighted by Gasteiger charge is 2.27. The lowest BCUT2D eigenvalue weighted by atomic mass is 10.1. The number of carbonyl (C=O) groups is 1. The molecule has 5 heteroatoms. The van der Waals surface area contributed by atoms with Crippen LogP contribution in [0.4, 0.5) is 0 Å². The maximum absolute atomic E-state index is 12.6. The van der Waals surface area contributed by atoms with Gasteiger partial charge < -0.3 is 9.30 Å². The van der Waals surface area contributed by atoms with E-state index in [1.165, 1.54) is 11.6 Å². The number of benzene rings is 1. The van der Waals surface area contributed by atoms with Crippen LogP contribution < -0.4 is 5.56 Å². The van der Waals surface area contributed by atoms with Crippen molar-refractivity contribution in [3.63, 3.8) is 0 Å². The topological polar surface area (TPSA) is 48.3 Å². The Morgan fingerprint density at radius 1 is 1.36 bits per heavy atom. The second kappa shape index (κ2) is 6.08. The van der Waals surface area contributed by atoms with Gasteiger partial charge in [0.2, 0.25) is 0 Å². The molecule has 3 rings (SSSR count). The number of aromatic nitrogens is 1. The van der Waals surface area contributed by atoms with E-state index in [-0.39, 0.29) is 23.8 Å². The second-order valence-corrected chi connectivity index (χ2v) is 6.07. The van der Waals surface area contributed by atoms with Crippen molar-refractivity contribution in [3.05, 3.63) is 68.0 Å². The Hall–Kier alpha value is -1.88. The highest BCUT2D eigenvalue weighted by molar-refractivity contribution is 9.10. The number of carbonyl (C=O) groups excluding carboxylic acids is 1. The predicted octanol–water partition coefficient (Wildman–Crippen LogP) is 3.32. The van der Waals surface area contributed by atoms with E-state index in [4.69, 9.17) is 4.74 Å². The molecule has 0 radical (unpaired) electrons. The van der Waals surface area contributed by atoms with E-state index in [1.54, 1.807) is 23.8 Å². The molecule has 2 aromatic rings. The molecule has 0 bridgehead atoms. The molecule has 1 aromatic heterocycles. The third-order valence-corrected chi connectivity index (χ3v) is 4.73.